The second-order valence-corrected chi connectivity index (χ2v) is 8.90. The van der Waals surface area contributed by atoms with Crippen LogP contribution in [0.1, 0.15) is 24.8 Å². The van der Waals surface area contributed by atoms with Crippen molar-refractivity contribution in [3.05, 3.63) is 35.9 Å². The molecule has 0 aliphatic carbocycles. The van der Waals surface area contributed by atoms with Crippen molar-refractivity contribution in [2.45, 2.75) is 25.7 Å². The molecule has 1 N–H and O–H groups in total. The summed E-state index contributed by atoms with van der Waals surface area (Å²) in [6.07, 6.45) is 4.76. The van der Waals surface area contributed by atoms with E-state index in [2.05, 4.69) is 50.3 Å². The summed E-state index contributed by atoms with van der Waals surface area (Å²) in [5.41, 5.74) is 1.39. The second-order valence-electron chi connectivity index (χ2n) is 8.90. The molecule has 2 fully saturated rings. The van der Waals surface area contributed by atoms with Crippen molar-refractivity contribution in [1.29, 1.82) is 0 Å². The number of carbonyl (C=O) groups is 1. The van der Waals surface area contributed by atoms with Crippen molar-refractivity contribution in [2.24, 2.45) is 11.8 Å². The fourth-order valence-electron chi connectivity index (χ4n) is 4.62. The Bertz CT molecular complexity index is 586. The number of likely N-dealkylation sites (N-methyl/N-ethyl adjacent to an activating group) is 1. The smallest absolute Gasteiger partial charge is 0.224 e. The predicted octanol–water partition coefficient (Wildman–Crippen LogP) is 1.94. The summed E-state index contributed by atoms with van der Waals surface area (Å²) < 4.78 is 0. The third-order valence-electron chi connectivity index (χ3n) is 6.12. The van der Waals surface area contributed by atoms with Crippen LogP contribution in [-0.4, -0.2) is 87.1 Å². The third kappa shape index (κ3) is 6.87. The number of piperidine rings is 1. The van der Waals surface area contributed by atoms with Gasteiger partial charge in [-0.1, -0.05) is 30.3 Å². The van der Waals surface area contributed by atoms with Gasteiger partial charge >= 0.3 is 0 Å². The van der Waals surface area contributed by atoms with Gasteiger partial charge in [-0.3, -0.25) is 4.79 Å². The summed E-state index contributed by atoms with van der Waals surface area (Å²) in [7, 11) is 4.09. The maximum atomic E-state index is 12.8. The third-order valence-corrected chi connectivity index (χ3v) is 6.12. The highest BCUT2D eigenvalue weighted by Crippen LogP contribution is 2.25. The van der Waals surface area contributed by atoms with Gasteiger partial charge in [0.15, 0.2) is 0 Å². The topological polar surface area (TPSA) is 38.8 Å². The van der Waals surface area contributed by atoms with Crippen LogP contribution < -0.4 is 5.32 Å². The molecule has 0 radical (unpaired) electrons. The molecule has 1 aromatic carbocycles. The van der Waals surface area contributed by atoms with Gasteiger partial charge in [0.05, 0.1) is 5.92 Å². The summed E-state index contributed by atoms with van der Waals surface area (Å²) in [6.45, 7) is 8.34. The first-order chi connectivity index (χ1) is 13.6. The zero-order chi connectivity index (χ0) is 19.8. The molecule has 2 aliphatic heterocycles. The van der Waals surface area contributed by atoms with Crippen LogP contribution >= 0.6 is 0 Å². The van der Waals surface area contributed by atoms with Crippen LogP contribution in [0.5, 0.6) is 0 Å². The van der Waals surface area contributed by atoms with Gasteiger partial charge in [0.2, 0.25) is 5.91 Å². The molecular weight excluding hydrogens is 348 g/mol. The first kappa shape index (κ1) is 21.3. The molecular formula is C23H38N4O. The monoisotopic (exact) mass is 386 g/mol. The number of amides is 1. The molecule has 0 spiro atoms. The molecule has 5 heteroatoms. The molecule has 28 heavy (non-hydrogen) atoms. The van der Waals surface area contributed by atoms with E-state index >= 15 is 0 Å². The lowest BCUT2D eigenvalue weighted by Crippen LogP contribution is -2.49. The lowest BCUT2D eigenvalue weighted by Gasteiger charge is -2.38. The molecule has 0 bridgehead atoms. The Hall–Kier alpha value is -1.43. The number of nitrogens with zero attached hydrogens (tertiary/aromatic N) is 3. The molecule has 0 saturated carbocycles. The van der Waals surface area contributed by atoms with Gasteiger partial charge < -0.3 is 20.0 Å². The minimum Gasteiger partial charge on any atom is -0.355 e. The number of carbonyl (C=O) groups excluding carboxylic acids is 1. The number of hydrogen-bond acceptors (Lipinski definition) is 4. The molecule has 0 unspecified atom stereocenters. The van der Waals surface area contributed by atoms with E-state index in [0.717, 1.165) is 52.1 Å². The van der Waals surface area contributed by atoms with E-state index in [1.54, 1.807) is 0 Å². The average Bonchev–Trinajstić information content (AvgIpc) is 3.19. The lowest BCUT2D eigenvalue weighted by atomic mass is 9.87. The molecule has 2 atom stereocenters. The molecule has 5 nitrogen and oxygen atoms in total. The Morgan fingerprint density at radius 1 is 1.11 bits per heavy atom. The zero-order valence-electron chi connectivity index (χ0n) is 17.8. The van der Waals surface area contributed by atoms with E-state index in [0.29, 0.717) is 5.92 Å². The van der Waals surface area contributed by atoms with E-state index in [1.807, 2.05) is 14.1 Å². The van der Waals surface area contributed by atoms with Gasteiger partial charge in [0.25, 0.3) is 0 Å². The van der Waals surface area contributed by atoms with Gasteiger partial charge in [0, 0.05) is 39.3 Å². The molecule has 1 amide bonds. The van der Waals surface area contributed by atoms with Crippen LogP contribution in [0.25, 0.3) is 0 Å². The number of rotatable bonds is 9. The maximum Gasteiger partial charge on any atom is 0.224 e. The van der Waals surface area contributed by atoms with Crippen LogP contribution in [0.15, 0.2) is 30.3 Å². The van der Waals surface area contributed by atoms with Crippen molar-refractivity contribution in [1.82, 2.24) is 20.0 Å². The van der Waals surface area contributed by atoms with Crippen molar-refractivity contribution in [3.8, 4) is 0 Å². The van der Waals surface area contributed by atoms with E-state index < -0.39 is 0 Å². The normalized spacial score (nSPS) is 24.0. The summed E-state index contributed by atoms with van der Waals surface area (Å²) in [4.78, 5) is 20.1. The lowest BCUT2D eigenvalue weighted by molar-refractivity contribution is -0.127. The van der Waals surface area contributed by atoms with Crippen molar-refractivity contribution in [3.63, 3.8) is 0 Å². The van der Waals surface area contributed by atoms with Crippen LogP contribution in [0, 0.1) is 11.8 Å². The fraction of sp³-hybridized carbons (Fsp3) is 0.696. The van der Waals surface area contributed by atoms with E-state index in [9.17, 15) is 4.79 Å². The van der Waals surface area contributed by atoms with Gasteiger partial charge in [-0.25, -0.2) is 0 Å². The van der Waals surface area contributed by atoms with Crippen LogP contribution in [0.3, 0.4) is 0 Å². The molecule has 156 valence electrons. The number of nitrogens with one attached hydrogen (secondary N) is 1. The van der Waals surface area contributed by atoms with Gasteiger partial charge in [-0.05, 0) is 64.3 Å². The first-order valence-electron chi connectivity index (χ1n) is 11.0. The van der Waals surface area contributed by atoms with Crippen molar-refractivity contribution >= 4 is 5.91 Å². The van der Waals surface area contributed by atoms with Crippen LogP contribution in [-0.2, 0) is 11.2 Å². The largest absolute Gasteiger partial charge is 0.355 e. The molecule has 1 aromatic rings. The second kappa shape index (κ2) is 10.9. The minimum atomic E-state index is 0.124. The molecule has 2 heterocycles. The molecule has 2 saturated heterocycles. The maximum absolute atomic E-state index is 12.8. The number of hydrogen-bond donors (Lipinski definition) is 1. The number of benzene rings is 1. The molecule has 2 aliphatic rings. The highest BCUT2D eigenvalue weighted by molar-refractivity contribution is 5.79. The van der Waals surface area contributed by atoms with E-state index in [-0.39, 0.29) is 11.8 Å². The zero-order valence-corrected chi connectivity index (χ0v) is 17.8. The Morgan fingerprint density at radius 3 is 2.57 bits per heavy atom. The first-order valence-corrected chi connectivity index (χ1v) is 11.0. The number of likely N-dealkylation sites (tertiary alicyclic amines) is 2. The SMILES string of the molecule is CN(C)CCNC(=O)[C@@H]1C[C@H](CN2CCCC2)CN(CCc2ccccc2)C1. The van der Waals surface area contributed by atoms with Crippen LogP contribution in [0.2, 0.25) is 0 Å². The Morgan fingerprint density at radius 2 is 1.86 bits per heavy atom. The van der Waals surface area contributed by atoms with E-state index in [1.165, 1.54) is 31.5 Å². The summed E-state index contributed by atoms with van der Waals surface area (Å²) >= 11 is 0. The summed E-state index contributed by atoms with van der Waals surface area (Å²) in [5, 5.41) is 3.17. The standard InChI is InChI=1S/C23H38N4O/c1-25(2)15-11-24-23(28)22-16-21(17-26-12-6-7-13-26)18-27(19-22)14-10-20-8-4-3-5-9-20/h3-5,8-9,21-22H,6-7,10-19H2,1-2H3,(H,24,28)/t21-,22-/m1/s1. The minimum absolute atomic E-state index is 0.124. The predicted molar refractivity (Wildman–Crippen MR) is 115 cm³/mol. The van der Waals surface area contributed by atoms with Gasteiger partial charge in [0.1, 0.15) is 0 Å². The fourth-order valence-corrected chi connectivity index (χ4v) is 4.62. The van der Waals surface area contributed by atoms with E-state index in [4.69, 9.17) is 0 Å². The summed E-state index contributed by atoms with van der Waals surface area (Å²) in [6, 6.07) is 10.7. The summed E-state index contributed by atoms with van der Waals surface area (Å²) in [5.74, 6) is 0.976. The highest BCUT2D eigenvalue weighted by Gasteiger charge is 2.32. The molecule has 3 rings (SSSR count). The Labute approximate surface area is 171 Å². The van der Waals surface area contributed by atoms with Crippen molar-refractivity contribution in [2.75, 3.05) is 66.5 Å². The quantitative estimate of drug-likeness (QED) is 0.704. The van der Waals surface area contributed by atoms with Crippen LogP contribution in [0.4, 0.5) is 0 Å². The van der Waals surface area contributed by atoms with Crippen molar-refractivity contribution < 1.29 is 4.79 Å². The average molecular weight is 387 g/mol. The van der Waals surface area contributed by atoms with Gasteiger partial charge in [-0.2, -0.15) is 0 Å². The van der Waals surface area contributed by atoms with Gasteiger partial charge in [-0.15, -0.1) is 0 Å². The molecule has 0 aromatic heterocycles. The Balaban J connectivity index is 1.55. The Kier molecular flexibility index (Phi) is 8.31. The highest BCUT2D eigenvalue weighted by atomic mass is 16.1.